The smallest absolute Gasteiger partial charge is 0.111 e. The largest absolute Gasteiger partial charge is 0.388 e. The van der Waals surface area contributed by atoms with E-state index >= 15 is 0 Å². The lowest BCUT2D eigenvalue weighted by atomic mass is 9.93. The van der Waals surface area contributed by atoms with Crippen LogP contribution in [0.3, 0.4) is 0 Å². The number of aliphatic hydroxyl groups excluding tert-OH is 1. The maximum Gasteiger partial charge on any atom is 0.111 e. The zero-order valence-corrected chi connectivity index (χ0v) is 17.4. The Morgan fingerprint density at radius 2 is 1.57 bits per heavy atom. The number of aliphatic hydroxyl groups is 1. The Labute approximate surface area is 172 Å². The molecular weight excluding hydrogens is 372 g/mol. The number of benzene rings is 2. The number of hydrogen-bond donors (Lipinski definition) is 1. The Balaban J connectivity index is 1.60. The molecule has 1 saturated heterocycles. The Kier molecular flexibility index (Phi) is 8.37. The van der Waals surface area contributed by atoms with E-state index in [2.05, 4.69) is 13.8 Å². The van der Waals surface area contributed by atoms with Gasteiger partial charge in [0.2, 0.25) is 0 Å². The molecule has 5 heteroatoms. The number of hydrogen-bond acceptors (Lipinski definition) is 5. The molecule has 5 atom stereocenters. The molecule has 1 fully saturated rings. The average Bonchev–Trinajstić information content (AvgIpc) is 2.73. The third-order valence-electron chi connectivity index (χ3n) is 4.98. The van der Waals surface area contributed by atoms with Crippen LogP contribution in [0.1, 0.15) is 25.0 Å². The Morgan fingerprint density at radius 3 is 2.18 bits per heavy atom. The minimum atomic E-state index is -0.719. The highest BCUT2D eigenvalue weighted by atomic mass is 32.2. The number of rotatable bonds is 9. The first-order valence-electron chi connectivity index (χ1n) is 9.91. The highest BCUT2D eigenvalue weighted by Gasteiger charge is 2.43. The lowest BCUT2D eigenvalue weighted by Crippen LogP contribution is -2.55. The zero-order chi connectivity index (χ0) is 19.8. The first kappa shape index (κ1) is 21.3. The predicted molar refractivity (Wildman–Crippen MR) is 113 cm³/mol. The van der Waals surface area contributed by atoms with Crippen molar-refractivity contribution in [1.82, 2.24) is 0 Å². The summed E-state index contributed by atoms with van der Waals surface area (Å²) in [5.74, 6) is 1.04. The van der Waals surface area contributed by atoms with Gasteiger partial charge in [0.15, 0.2) is 0 Å². The van der Waals surface area contributed by atoms with Crippen molar-refractivity contribution in [2.45, 2.75) is 50.8 Å². The van der Waals surface area contributed by atoms with E-state index in [-0.39, 0.29) is 17.5 Å². The van der Waals surface area contributed by atoms with E-state index in [9.17, 15) is 5.11 Å². The summed E-state index contributed by atoms with van der Waals surface area (Å²) in [6, 6.07) is 20.1. The van der Waals surface area contributed by atoms with Crippen LogP contribution in [0.4, 0.5) is 0 Å². The van der Waals surface area contributed by atoms with Crippen LogP contribution in [0.15, 0.2) is 60.7 Å². The molecule has 3 rings (SSSR count). The fourth-order valence-electron chi connectivity index (χ4n) is 3.43. The molecule has 2 aromatic rings. The molecule has 0 spiro atoms. The maximum absolute atomic E-state index is 10.9. The fourth-order valence-corrected chi connectivity index (χ4v) is 4.44. The molecule has 2 unspecified atom stereocenters. The molecule has 2 aromatic carbocycles. The van der Waals surface area contributed by atoms with Crippen molar-refractivity contribution in [2.75, 3.05) is 12.4 Å². The molecule has 0 aliphatic carbocycles. The summed E-state index contributed by atoms with van der Waals surface area (Å²) in [5.41, 5.74) is 2.20. The van der Waals surface area contributed by atoms with Gasteiger partial charge in [-0.15, -0.1) is 11.8 Å². The molecule has 1 aliphatic heterocycles. The van der Waals surface area contributed by atoms with E-state index in [0.717, 1.165) is 16.9 Å². The Bertz CT molecular complexity index is 682. The van der Waals surface area contributed by atoms with Crippen molar-refractivity contribution in [3.63, 3.8) is 0 Å². The van der Waals surface area contributed by atoms with Gasteiger partial charge in [0.25, 0.3) is 0 Å². The highest BCUT2D eigenvalue weighted by Crippen LogP contribution is 2.35. The van der Waals surface area contributed by atoms with E-state index in [4.69, 9.17) is 14.2 Å². The van der Waals surface area contributed by atoms with Crippen molar-refractivity contribution < 1.29 is 19.3 Å². The van der Waals surface area contributed by atoms with Gasteiger partial charge < -0.3 is 19.3 Å². The van der Waals surface area contributed by atoms with Crippen LogP contribution >= 0.6 is 11.8 Å². The van der Waals surface area contributed by atoms with Gasteiger partial charge in [-0.3, -0.25) is 0 Å². The number of ether oxygens (including phenoxy) is 3. The molecular formula is C23H30O4S. The third kappa shape index (κ3) is 5.82. The van der Waals surface area contributed by atoms with Crippen molar-refractivity contribution in [1.29, 1.82) is 0 Å². The first-order chi connectivity index (χ1) is 13.7. The molecule has 0 amide bonds. The molecule has 0 aromatic heterocycles. The van der Waals surface area contributed by atoms with Gasteiger partial charge in [-0.05, 0) is 16.9 Å². The van der Waals surface area contributed by atoms with Gasteiger partial charge in [-0.2, -0.15) is 0 Å². The summed E-state index contributed by atoms with van der Waals surface area (Å²) >= 11 is 1.75. The summed E-state index contributed by atoms with van der Waals surface area (Å²) in [6.07, 6.45) is -1.41. The standard InChI is InChI=1S/C23H30O4S/c1-3-28-23-17(2)22(26-15-19-12-8-5-9-13-19)21(24)20(27-23)16-25-14-18-10-6-4-7-11-18/h4-13,17,20-24H,3,14-16H2,1-2H3/t17?,20?,21-,22-,23-/m0/s1. The normalized spacial score (nSPS) is 27.6. The SMILES string of the molecule is CCS[C@@H]1OC(COCc2ccccc2)[C@H](O)[C@@H](OCc2ccccc2)C1C. The van der Waals surface area contributed by atoms with Gasteiger partial charge >= 0.3 is 0 Å². The van der Waals surface area contributed by atoms with Crippen LogP contribution in [-0.4, -0.2) is 41.2 Å². The Morgan fingerprint density at radius 1 is 0.964 bits per heavy atom. The molecule has 1 aliphatic rings. The van der Waals surface area contributed by atoms with Crippen LogP contribution in [-0.2, 0) is 27.4 Å². The van der Waals surface area contributed by atoms with Gasteiger partial charge in [0, 0.05) is 5.92 Å². The van der Waals surface area contributed by atoms with Gasteiger partial charge in [0.1, 0.15) is 17.6 Å². The van der Waals surface area contributed by atoms with E-state index in [1.165, 1.54) is 0 Å². The van der Waals surface area contributed by atoms with E-state index < -0.39 is 12.2 Å². The molecule has 28 heavy (non-hydrogen) atoms. The van der Waals surface area contributed by atoms with Crippen LogP contribution in [0.2, 0.25) is 0 Å². The van der Waals surface area contributed by atoms with Crippen LogP contribution in [0.5, 0.6) is 0 Å². The van der Waals surface area contributed by atoms with Gasteiger partial charge in [-0.1, -0.05) is 74.5 Å². The molecule has 1 heterocycles. The molecule has 0 bridgehead atoms. The van der Waals surface area contributed by atoms with E-state index in [1.807, 2.05) is 60.7 Å². The predicted octanol–water partition coefficient (Wildman–Crippen LogP) is 4.26. The summed E-state index contributed by atoms with van der Waals surface area (Å²) in [4.78, 5) is 0. The first-order valence-corrected chi connectivity index (χ1v) is 11.0. The summed E-state index contributed by atoms with van der Waals surface area (Å²) in [7, 11) is 0. The lowest BCUT2D eigenvalue weighted by Gasteiger charge is -2.43. The molecule has 4 nitrogen and oxygen atoms in total. The second kappa shape index (κ2) is 11.0. The second-order valence-corrected chi connectivity index (χ2v) is 8.49. The van der Waals surface area contributed by atoms with Crippen molar-refractivity contribution in [3.8, 4) is 0 Å². The fraction of sp³-hybridized carbons (Fsp3) is 0.478. The summed E-state index contributed by atoms with van der Waals surface area (Å²) in [5, 5.41) is 10.9. The number of thioether (sulfide) groups is 1. The van der Waals surface area contributed by atoms with Crippen molar-refractivity contribution >= 4 is 11.8 Å². The third-order valence-corrected chi connectivity index (χ3v) is 6.19. The van der Waals surface area contributed by atoms with Crippen molar-refractivity contribution in [3.05, 3.63) is 71.8 Å². The topological polar surface area (TPSA) is 47.9 Å². The lowest BCUT2D eigenvalue weighted by molar-refractivity contribution is -0.205. The molecule has 152 valence electrons. The molecule has 0 radical (unpaired) electrons. The highest BCUT2D eigenvalue weighted by molar-refractivity contribution is 7.99. The van der Waals surface area contributed by atoms with Gasteiger partial charge in [0.05, 0.1) is 25.9 Å². The minimum Gasteiger partial charge on any atom is -0.388 e. The van der Waals surface area contributed by atoms with E-state index in [0.29, 0.717) is 19.8 Å². The summed E-state index contributed by atoms with van der Waals surface area (Å²) < 4.78 is 18.2. The van der Waals surface area contributed by atoms with Crippen LogP contribution in [0.25, 0.3) is 0 Å². The maximum atomic E-state index is 10.9. The monoisotopic (exact) mass is 402 g/mol. The molecule has 0 saturated carbocycles. The quantitative estimate of drug-likeness (QED) is 0.679. The molecule has 1 N–H and O–H groups in total. The van der Waals surface area contributed by atoms with E-state index in [1.54, 1.807) is 11.8 Å². The summed E-state index contributed by atoms with van der Waals surface area (Å²) in [6.45, 7) is 5.53. The van der Waals surface area contributed by atoms with Crippen LogP contribution in [0, 0.1) is 5.92 Å². The zero-order valence-electron chi connectivity index (χ0n) is 16.6. The van der Waals surface area contributed by atoms with Gasteiger partial charge in [-0.25, -0.2) is 0 Å². The average molecular weight is 403 g/mol. The minimum absolute atomic E-state index is 0.0144. The van der Waals surface area contributed by atoms with Crippen LogP contribution < -0.4 is 0 Å². The Hall–Kier alpha value is -1.37. The second-order valence-electron chi connectivity index (χ2n) is 7.11. The van der Waals surface area contributed by atoms with Crippen molar-refractivity contribution in [2.24, 2.45) is 5.92 Å².